The van der Waals surface area contributed by atoms with Crippen LogP contribution in [0.2, 0.25) is 0 Å². The Morgan fingerprint density at radius 3 is 2.82 bits per heavy atom. The van der Waals surface area contributed by atoms with E-state index in [-0.39, 0.29) is 5.82 Å². The number of aromatic nitrogens is 1. The van der Waals surface area contributed by atoms with Crippen LogP contribution in [0.25, 0.3) is 10.9 Å². The number of carboxylic acids is 1. The van der Waals surface area contributed by atoms with Gasteiger partial charge in [0, 0.05) is 24.1 Å². The predicted molar refractivity (Wildman–Crippen MR) is 63.5 cm³/mol. The van der Waals surface area contributed by atoms with Crippen molar-refractivity contribution in [2.75, 3.05) is 0 Å². The average molecular weight is 235 g/mol. The summed E-state index contributed by atoms with van der Waals surface area (Å²) in [4.78, 5) is 11.2. The van der Waals surface area contributed by atoms with Crippen LogP contribution >= 0.6 is 0 Å². The fourth-order valence-corrected chi connectivity index (χ4v) is 2.20. The van der Waals surface area contributed by atoms with Crippen LogP contribution in [0.3, 0.4) is 0 Å². The number of carbonyl (C=O) groups is 1. The minimum atomic E-state index is -0.871. The van der Waals surface area contributed by atoms with E-state index in [0.717, 1.165) is 5.52 Å². The summed E-state index contributed by atoms with van der Waals surface area (Å²) >= 11 is 0. The number of hydrogen-bond donors (Lipinski definition) is 1. The number of rotatable bonds is 3. The van der Waals surface area contributed by atoms with Gasteiger partial charge in [-0.05, 0) is 30.2 Å². The largest absolute Gasteiger partial charge is 0.481 e. The third kappa shape index (κ3) is 1.90. The highest BCUT2D eigenvalue weighted by molar-refractivity contribution is 5.89. The van der Waals surface area contributed by atoms with Gasteiger partial charge in [0.15, 0.2) is 0 Å². The molecule has 3 nitrogen and oxygen atoms in total. The average Bonchev–Trinajstić information content (AvgIpc) is 2.56. The Kier molecular flexibility index (Phi) is 2.88. The molecule has 1 N–H and O–H groups in total. The molecule has 1 heterocycles. The topological polar surface area (TPSA) is 42.2 Å². The van der Waals surface area contributed by atoms with Gasteiger partial charge in [0.2, 0.25) is 0 Å². The van der Waals surface area contributed by atoms with Crippen LogP contribution in [0, 0.1) is 5.82 Å². The highest BCUT2D eigenvalue weighted by Gasteiger charge is 2.22. The van der Waals surface area contributed by atoms with Crippen LogP contribution in [0.4, 0.5) is 4.39 Å². The van der Waals surface area contributed by atoms with E-state index in [1.165, 1.54) is 12.1 Å². The van der Waals surface area contributed by atoms with Gasteiger partial charge in [0.25, 0.3) is 0 Å². The van der Waals surface area contributed by atoms with E-state index in [9.17, 15) is 9.18 Å². The molecule has 0 amide bonds. The SMILES string of the molecule is CCC(C(=O)O)c1cn(C)c2ccc(F)cc12. The lowest BCUT2D eigenvalue weighted by atomic mass is 9.96. The molecule has 2 rings (SSSR count). The van der Waals surface area contributed by atoms with Gasteiger partial charge in [-0.3, -0.25) is 4.79 Å². The van der Waals surface area contributed by atoms with E-state index in [2.05, 4.69) is 0 Å². The first-order chi connectivity index (χ1) is 8.04. The number of benzene rings is 1. The summed E-state index contributed by atoms with van der Waals surface area (Å²) < 4.78 is 15.1. The standard InChI is InChI=1S/C13H14FNO2/c1-3-9(13(16)17)11-7-15(2)12-5-4-8(14)6-10(11)12/h4-7,9H,3H2,1-2H3,(H,16,17). The third-order valence-electron chi connectivity index (χ3n) is 3.06. The van der Waals surface area contributed by atoms with Gasteiger partial charge in [-0.2, -0.15) is 0 Å². The van der Waals surface area contributed by atoms with Crippen LogP contribution in [-0.4, -0.2) is 15.6 Å². The van der Waals surface area contributed by atoms with Crippen molar-refractivity contribution < 1.29 is 14.3 Å². The van der Waals surface area contributed by atoms with E-state index in [0.29, 0.717) is 17.4 Å². The summed E-state index contributed by atoms with van der Waals surface area (Å²) in [6.07, 6.45) is 2.26. The van der Waals surface area contributed by atoms with Crippen molar-refractivity contribution in [1.29, 1.82) is 0 Å². The number of aliphatic carboxylic acids is 1. The summed E-state index contributed by atoms with van der Waals surface area (Å²) in [6, 6.07) is 4.45. The number of carboxylic acid groups (broad SMARTS) is 1. The number of nitrogens with zero attached hydrogens (tertiary/aromatic N) is 1. The molecular formula is C13H14FNO2. The molecule has 4 heteroatoms. The molecule has 0 bridgehead atoms. The van der Waals surface area contributed by atoms with E-state index in [4.69, 9.17) is 5.11 Å². The van der Waals surface area contributed by atoms with Crippen LogP contribution in [0.15, 0.2) is 24.4 Å². The maximum atomic E-state index is 13.2. The first-order valence-electron chi connectivity index (χ1n) is 5.52. The molecule has 1 aromatic carbocycles. The van der Waals surface area contributed by atoms with Gasteiger partial charge in [-0.25, -0.2) is 4.39 Å². The fraction of sp³-hybridized carbons (Fsp3) is 0.308. The summed E-state index contributed by atoms with van der Waals surface area (Å²) in [5.74, 6) is -1.80. The molecule has 90 valence electrons. The zero-order valence-corrected chi connectivity index (χ0v) is 9.77. The van der Waals surface area contributed by atoms with Crippen molar-refractivity contribution in [3.63, 3.8) is 0 Å². The molecule has 1 aromatic heterocycles. The molecular weight excluding hydrogens is 221 g/mol. The van der Waals surface area contributed by atoms with E-state index in [1.807, 2.05) is 18.5 Å². The zero-order valence-electron chi connectivity index (χ0n) is 9.77. The van der Waals surface area contributed by atoms with Crippen molar-refractivity contribution in [1.82, 2.24) is 4.57 Å². The highest BCUT2D eigenvalue weighted by atomic mass is 19.1. The van der Waals surface area contributed by atoms with Crippen molar-refractivity contribution >= 4 is 16.9 Å². The summed E-state index contributed by atoms with van der Waals surface area (Å²) in [5.41, 5.74) is 1.53. The summed E-state index contributed by atoms with van der Waals surface area (Å²) in [5, 5.41) is 9.84. The van der Waals surface area contributed by atoms with Crippen molar-refractivity contribution in [2.45, 2.75) is 19.3 Å². The quantitative estimate of drug-likeness (QED) is 0.888. The minimum absolute atomic E-state index is 0.342. The van der Waals surface area contributed by atoms with Crippen molar-refractivity contribution in [3.8, 4) is 0 Å². The molecule has 1 unspecified atom stereocenters. The first kappa shape index (κ1) is 11.6. The minimum Gasteiger partial charge on any atom is -0.481 e. The molecule has 0 aliphatic heterocycles. The highest BCUT2D eigenvalue weighted by Crippen LogP contribution is 2.30. The van der Waals surface area contributed by atoms with Crippen LogP contribution < -0.4 is 0 Å². The Morgan fingerprint density at radius 1 is 1.53 bits per heavy atom. The van der Waals surface area contributed by atoms with Crippen LogP contribution in [0.1, 0.15) is 24.8 Å². The van der Waals surface area contributed by atoms with Gasteiger partial charge >= 0.3 is 5.97 Å². The summed E-state index contributed by atoms with van der Waals surface area (Å²) in [6.45, 7) is 1.82. The lowest BCUT2D eigenvalue weighted by Crippen LogP contribution is -2.09. The Hall–Kier alpha value is -1.84. The Balaban J connectivity index is 2.68. The molecule has 0 radical (unpaired) electrons. The monoisotopic (exact) mass is 235 g/mol. The number of fused-ring (bicyclic) bond motifs is 1. The molecule has 0 aliphatic carbocycles. The molecule has 0 fully saturated rings. The number of halogens is 1. The zero-order chi connectivity index (χ0) is 12.6. The second-order valence-corrected chi connectivity index (χ2v) is 4.16. The number of aryl methyl sites for hydroxylation is 1. The van der Waals surface area contributed by atoms with Gasteiger partial charge in [0.1, 0.15) is 5.82 Å². The van der Waals surface area contributed by atoms with Gasteiger partial charge < -0.3 is 9.67 Å². The summed E-state index contributed by atoms with van der Waals surface area (Å²) in [7, 11) is 1.83. The first-order valence-corrected chi connectivity index (χ1v) is 5.52. The van der Waals surface area contributed by atoms with Gasteiger partial charge in [0.05, 0.1) is 5.92 Å². The molecule has 0 spiro atoms. The van der Waals surface area contributed by atoms with E-state index < -0.39 is 11.9 Å². The molecule has 1 atom stereocenters. The predicted octanol–water partition coefficient (Wildman–Crippen LogP) is 2.90. The molecule has 0 aliphatic rings. The molecule has 17 heavy (non-hydrogen) atoms. The lowest BCUT2D eigenvalue weighted by molar-refractivity contribution is -0.138. The van der Waals surface area contributed by atoms with Gasteiger partial charge in [-0.15, -0.1) is 0 Å². The Morgan fingerprint density at radius 2 is 2.24 bits per heavy atom. The molecule has 0 saturated heterocycles. The second kappa shape index (κ2) is 4.20. The van der Waals surface area contributed by atoms with Crippen LogP contribution in [-0.2, 0) is 11.8 Å². The van der Waals surface area contributed by atoms with Crippen LogP contribution in [0.5, 0.6) is 0 Å². The lowest BCUT2D eigenvalue weighted by Gasteiger charge is -2.08. The smallest absolute Gasteiger partial charge is 0.311 e. The van der Waals surface area contributed by atoms with Crippen molar-refractivity contribution in [2.24, 2.45) is 7.05 Å². The normalized spacial score (nSPS) is 12.9. The van der Waals surface area contributed by atoms with Gasteiger partial charge in [-0.1, -0.05) is 6.92 Å². The maximum absolute atomic E-state index is 13.2. The Bertz CT molecular complexity index is 574. The molecule has 2 aromatic rings. The Labute approximate surface area is 98.5 Å². The molecule has 0 saturated carbocycles. The second-order valence-electron chi connectivity index (χ2n) is 4.16. The fourth-order valence-electron chi connectivity index (χ4n) is 2.20. The van der Waals surface area contributed by atoms with E-state index >= 15 is 0 Å². The van der Waals surface area contributed by atoms with Crippen molar-refractivity contribution in [3.05, 3.63) is 35.8 Å². The number of hydrogen-bond acceptors (Lipinski definition) is 1. The van der Waals surface area contributed by atoms with E-state index in [1.54, 1.807) is 12.3 Å². The maximum Gasteiger partial charge on any atom is 0.311 e. The third-order valence-corrected chi connectivity index (χ3v) is 3.06.